The molecule has 4 atom stereocenters. The van der Waals surface area contributed by atoms with Gasteiger partial charge in [-0.05, 0) is 18.2 Å². The quantitative estimate of drug-likeness (QED) is 0.520. The highest BCUT2D eigenvalue weighted by atomic mass is 19.1. The zero-order chi connectivity index (χ0) is 19.3. The Morgan fingerprint density at radius 3 is 2.59 bits per heavy atom. The van der Waals surface area contributed by atoms with Crippen LogP contribution in [0.4, 0.5) is 14.6 Å². The van der Waals surface area contributed by atoms with E-state index in [4.69, 9.17) is 10.5 Å². The molecular formula is C17H16F2N4O4. The number of nitrogens with zero attached hydrogens (tertiary/aromatic N) is 3. The molecule has 1 saturated heterocycles. The Kier molecular flexibility index (Phi) is 4.27. The number of aliphatic hydroxyl groups is 3. The second-order valence-electron chi connectivity index (χ2n) is 6.27. The van der Waals surface area contributed by atoms with Gasteiger partial charge in [-0.15, -0.1) is 0 Å². The highest BCUT2D eigenvalue weighted by Gasteiger charge is 2.44. The van der Waals surface area contributed by atoms with Crippen LogP contribution in [0.3, 0.4) is 0 Å². The summed E-state index contributed by atoms with van der Waals surface area (Å²) in [6, 6.07) is 4.59. The van der Waals surface area contributed by atoms with Crippen molar-refractivity contribution in [1.29, 1.82) is 0 Å². The van der Waals surface area contributed by atoms with Crippen LogP contribution in [-0.4, -0.2) is 54.8 Å². The summed E-state index contributed by atoms with van der Waals surface area (Å²) in [6.45, 7) is -0.491. The lowest BCUT2D eigenvalue weighted by atomic mass is 10.0. The molecule has 0 saturated carbocycles. The van der Waals surface area contributed by atoms with Gasteiger partial charge in [0.2, 0.25) is 0 Å². The molecule has 0 radical (unpaired) electrons. The van der Waals surface area contributed by atoms with Crippen molar-refractivity contribution in [3.05, 3.63) is 47.9 Å². The Bertz CT molecular complexity index is 1010. The molecule has 142 valence electrons. The average molecular weight is 378 g/mol. The summed E-state index contributed by atoms with van der Waals surface area (Å²) in [5.41, 5.74) is 6.80. The minimum Gasteiger partial charge on any atom is -0.394 e. The van der Waals surface area contributed by atoms with Crippen LogP contribution in [0.2, 0.25) is 0 Å². The third-order valence-electron chi connectivity index (χ3n) is 4.67. The SMILES string of the molecule is Nc1ncnn2c([C@@H]3O[C@H](CO)[C@@H](O)[C@H]3O)cc(-c3ccc(F)cc3F)c12. The lowest BCUT2D eigenvalue weighted by Crippen LogP contribution is -2.32. The van der Waals surface area contributed by atoms with Gasteiger partial charge in [-0.1, -0.05) is 0 Å². The molecule has 0 spiro atoms. The van der Waals surface area contributed by atoms with Crippen molar-refractivity contribution in [1.82, 2.24) is 14.6 Å². The molecule has 1 fully saturated rings. The molecule has 27 heavy (non-hydrogen) atoms. The van der Waals surface area contributed by atoms with Crippen LogP contribution < -0.4 is 5.73 Å². The predicted octanol–water partition coefficient (Wildman–Crippen LogP) is 0.411. The number of fused-ring (bicyclic) bond motifs is 1. The molecule has 3 heterocycles. The topological polar surface area (TPSA) is 126 Å². The third kappa shape index (κ3) is 2.73. The third-order valence-corrected chi connectivity index (χ3v) is 4.67. The predicted molar refractivity (Wildman–Crippen MR) is 89.5 cm³/mol. The molecule has 1 aliphatic rings. The monoisotopic (exact) mass is 378 g/mol. The van der Waals surface area contributed by atoms with Crippen LogP contribution in [0.25, 0.3) is 16.6 Å². The van der Waals surface area contributed by atoms with Crippen LogP contribution >= 0.6 is 0 Å². The molecule has 3 aromatic rings. The van der Waals surface area contributed by atoms with Gasteiger partial charge in [0.1, 0.15) is 47.9 Å². The number of anilines is 1. The van der Waals surface area contributed by atoms with E-state index in [-0.39, 0.29) is 28.2 Å². The highest BCUT2D eigenvalue weighted by molar-refractivity contribution is 5.88. The van der Waals surface area contributed by atoms with Crippen molar-refractivity contribution in [2.24, 2.45) is 0 Å². The largest absolute Gasteiger partial charge is 0.394 e. The van der Waals surface area contributed by atoms with E-state index in [1.807, 2.05) is 0 Å². The van der Waals surface area contributed by atoms with E-state index in [9.17, 15) is 24.1 Å². The summed E-state index contributed by atoms with van der Waals surface area (Å²) in [5.74, 6) is -1.49. The number of benzene rings is 1. The maximum Gasteiger partial charge on any atom is 0.151 e. The van der Waals surface area contributed by atoms with E-state index >= 15 is 0 Å². The fourth-order valence-electron chi connectivity index (χ4n) is 3.35. The van der Waals surface area contributed by atoms with Crippen LogP contribution in [0.15, 0.2) is 30.6 Å². The van der Waals surface area contributed by atoms with Gasteiger partial charge in [-0.2, -0.15) is 5.10 Å². The van der Waals surface area contributed by atoms with E-state index in [2.05, 4.69) is 10.1 Å². The van der Waals surface area contributed by atoms with Crippen LogP contribution in [0.1, 0.15) is 11.8 Å². The summed E-state index contributed by atoms with van der Waals surface area (Å²) in [5, 5.41) is 33.7. The first kappa shape index (κ1) is 17.7. The Hall–Kier alpha value is -2.66. The first-order chi connectivity index (χ1) is 12.9. The van der Waals surface area contributed by atoms with E-state index in [1.165, 1.54) is 23.0 Å². The zero-order valence-electron chi connectivity index (χ0n) is 13.8. The number of rotatable bonds is 3. The molecule has 0 aliphatic carbocycles. The normalized spacial score (nSPS) is 25.4. The highest BCUT2D eigenvalue weighted by Crippen LogP contribution is 2.39. The van der Waals surface area contributed by atoms with Gasteiger partial charge in [0.25, 0.3) is 0 Å². The number of halogens is 2. The van der Waals surface area contributed by atoms with E-state index in [0.29, 0.717) is 0 Å². The minimum atomic E-state index is -1.35. The molecular weight excluding hydrogens is 362 g/mol. The van der Waals surface area contributed by atoms with Gasteiger partial charge in [-0.25, -0.2) is 18.3 Å². The summed E-state index contributed by atoms with van der Waals surface area (Å²) in [6.07, 6.45) is -3.51. The minimum absolute atomic E-state index is 0.0433. The molecule has 0 unspecified atom stereocenters. The lowest BCUT2D eigenvalue weighted by Gasteiger charge is -2.14. The van der Waals surface area contributed by atoms with Gasteiger partial charge in [0.05, 0.1) is 12.3 Å². The molecule has 10 heteroatoms. The van der Waals surface area contributed by atoms with Gasteiger partial charge in [0.15, 0.2) is 5.82 Å². The Balaban J connectivity index is 1.93. The van der Waals surface area contributed by atoms with Gasteiger partial charge < -0.3 is 25.8 Å². The number of ether oxygens (including phenoxy) is 1. The van der Waals surface area contributed by atoms with Crippen molar-refractivity contribution in [3.63, 3.8) is 0 Å². The molecule has 2 aromatic heterocycles. The first-order valence-corrected chi connectivity index (χ1v) is 8.12. The number of nitrogen functional groups attached to an aromatic ring is 1. The van der Waals surface area contributed by atoms with Gasteiger partial charge >= 0.3 is 0 Å². The second-order valence-corrected chi connectivity index (χ2v) is 6.27. The first-order valence-electron chi connectivity index (χ1n) is 8.12. The Labute approximate surface area is 151 Å². The molecule has 0 bridgehead atoms. The van der Waals surface area contributed by atoms with Gasteiger partial charge in [0, 0.05) is 17.2 Å². The van der Waals surface area contributed by atoms with Crippen molar-refractivity contribution in [2.75, 3.05) is 12.3 Å². The Morgan fingerprint density at radius 1 is 1.15 bits per heavy atom. The maximum atomic E-state index is 14.4. The van der Waals surface area contributed by atoms with E-state index < -0.39 is 42.7 Å². The fraction of sp³-hybridized carbons (Fsp3) is 0.294. The summed E-state index contributed by atoms with van der Waals surface area (Å²) >= 11 is 0. The average Bonchev–Trinajstić information content (AvgIpc) is 3.15. The van der Waals surface area contributed by atoms with Crippen molar-refractivity contribution < 1.29 is 28.8 Å². The van der Waals surface area contributed by atoms with Crippen molar-refractivity contribution in [2.45, 2.75) is 24.4 Å². The fourth-order valence-corrected chi connectivity index (χ4v) is 3.35. The van der Waals surface area contributed by atoms with Crippen molar-refractivity contribution >= 4 is 11.3 Å². The maximum absolute atomic E-state index is 14.4. The number of nitrogens with two attached hydrogens (primary N) is 1. The molecule has 5 N–H and O–H groups in total. The number of aliphatic hydroxyl groups excluding tert-OH is 3. The van der Waals surface area contributed by atoms with Crippen LogP contribution in [0.5, 0.6) is 0 Å². The summed E-state index contributed by atoms with van der Waals surface area (Å²) in [7, 11) is 0. The van der Waals surface area contributed by atoms with E-state index in [0.717, 1.165) is 12.1 Å². The van der Waals surface area contributed by atoms with Crippen LogP contribution in [-0.2, 0) is 4.74 Å². The summed E-state index contributed by atoms with van der Waals surface area (Å²) < 4.78 is 34.5. The lowest BCUT2D eigenvalue weighted by molar-refractivity contribution is -0.0244. The Morgan fingerprint density at radius 2 is 1.93 bits per heavy atom. The van der Waals surface area contributed by atoms with E-state index in [1.54, 1.807) is 0 Å². The van der Waals surface area contributed by atoms with Crippen molar-refractivity contribution in [3.8, 4) is 11.1 Å². The molecule has 4 rings (SSSR count). The number of hydrogen-bond acceptors (Lipinski definition) is 7. The van der Waals surface area contributed by atoms with Gasteiger partial charge in [-0.3, -0.25) is 0 Å². The molecule has 0 amide bonds. The molecule has 1 aromatic carbocycles. The standard InChI is InChI=1S/C17H16F2N4O4/c18-7-1-2-8(10(19)3-7)9-4-11(23-13(9)17(20)21-6-22-23)16-15(26)14(25)12(5-24)27-16/h1-4,6,12,14-16,24-26H,5H2,(H2,20,21,22)/t12-,14-,15-,16+/m1/s1. The second kappa shape index (κ2) is 6.50. The number of aromatic nitrogens is 3. The molecule has 8 nitrogen and oxygen atoms in total. The smallest absolute Gasteiger partial charge is 0.151 e. The van der Waals surface area contributed by atoms with Crippen LogP contribution in [0, 0.1) is 11.6 Å². The number of hydrogen-bond donors (Lipinski definition) is 4. The summed E-state index contributed by atoms with van der Waals surface area (Å²) in [4.78, 5) is 3.90. The molecule has 1 aliphatic heterocycles. The zero-order valence-corrected chi connectivity index (χ0v) is 13.8.